The molecule has 1 atom stereocenters. The highest BCUT2D eigenvalue weighted by Crippen LogP contribution is 2.37. The van der Waals surface area contributed by atoms with Gasteiger partial charge in [0, 0.05) is 27.4 Å². The number of anilines is 2. The van der Waals surface area contributed by atoms with Crippen LogP contribution in [0.1, 0.15) is 26.7 Å². The van der Waals surface area contributed by atoms with Crippen molar-refractivity contribution in [2.45, 2.75) is 10.1 Å². The first-order valence-electron chi connectivity index (χ1n) is 14.7. The predicted octanol–water partition coefficient (Wildman–Crippen LogP) is 7.59. The van der Waals surface area contributed by atoms with Gasteiger partial charge in [-0.1, -0.05) is 72.8 Å². The third-order valence-corrected chi connectivity index (χ3v) is 8.26. The van der Waals surface area contributed by atoms with Crippen LogP contribution in [0.4, 0.5) is 11.4 Å². The normalized spacial score (nSPS) is 11.6. The summed E-state index contributed by atoms with van der Waals surface area (Å²) in [5, 5.41) is 8.06. The molecule has 0 aliphatic carbocycles. The molecule has 0 aromatic heterocycles. The zero-order valence-electron chi connectivity index (χ0n) is 25.8. The third-order valence-electron chi connectivity index (χ3n) is 7.01. The molecular weight excluding hydrogens is 611 g/mol. The fraction of sp³-hybridized carbons (Fsp3) is 0.0789. The zero-order valence-corrected chi connectivity index (χ0v) is 26.6. The van der Waals surface area contributed by atoms with Crippen molar-refractivity contribution < 1.29 is 23.9 Å². The summed E-state index contributed by atoms with van der Waals surface area (Å²) in [4.78, 5) is 41.1. The van der Waals surface area contributed by atoms with E-state index in [9.17, 15) is 14.4 Å². The van der Waals surface area contributed by atoms with Crippen molar-refractivity contribution in [1.82, 2.24) is 5.32 Å². The maximum absolute atomic E-state index is 13.7. The van der Waals surface area contributed by atoms with Crippen LogP contribution in [-0.4, -0.2) is 31.9 Å². The van der Waals surface area contributed by atoms with Crippen molar-refractivity contribution in [2.75, 3.05) is 24.9 Å². The number of ether oxygens (including phenoxy) is 2. The van der Waals surface area contributed by atoms with Crippen LogP contribution in [0.25, 0.3) is 6.08 Å². The number of benzene rings is 5. The molecule has 9 heteroatoms. The molecule has 3 amide bonds. The van der Waals surface area contributed by atoms with Crippen LogP contribution >= 0.6 is 11.8 Å². The van der Waals surface area contributed by atoms with Gasteiger partial charge in [-0.15, -0.1) is 11.8 Å². The summed E-state index contributed by atoms with van der Waals surface area (Å²) in [6, 6.07) is 39.7. The maximum Gasteiger partial charge on any atom is 0.272 e. The largest absolute Gasteiger partial charge is 0.497 e. The highest BCUT2D eigenvalue weighted by molar-refractivity contribution is 8.00. The van der Waals surface area contributed by atoms with E-state index in [1.165, 1.54) is 18.9 Å². The van der Waals surface area contributed by atoms with Gasteiger partial charge in [0.25, 0.3) is 11.8 Å². The monoisotopic (exact) mass is 643 g/mol. The Bertz CT molecular complexity index is 1860. The minimum Gasteiger partial charge on any atom is -0.497 e. The third kappa shape index (κ3) is 8.90. The van der Waals surface area contributed by atoms with Gasteiger partial charge in [0.2, 0.25) is 5.91 Å². The second-order valence-corrected chi connectivity index (χ2v) is 11.4. The fourth-order valence-corrected chi connectivity index (χ4v) is 5.73. The molecule has 1 unspecified atom stereocenters. The SMILES string of the molecule is COc1ccc(NC(=O)C(Sc2cccc(NC(=O)/C(=C\c3ccccc3OC)NC(=O)c3ccccc3)c2)c2ccccc2)cc1. The molecular formula is C38H33N3O5S. The van der Waals surface area contributed by atoms with Crippen molar-refractivity contribution >= 4 is 46.9 Å². The van der Waals surface area contributed by atoms with Gasteiger partial charge in [-0.05, 0) is 72.3 Å². The number of hydrogen-bond acceptors (Lipinski definition) is 6. The minimum atomic E-state index is -0.588. The summed E-state index contributed by atoms with van der Waals surface area (Å²) >= 11 is 1.35. The Morgan fingerprint density at radius 2 is 1.36 bits per heavy atom. The summed E-state index contributed by atoms with van der Waals surface area (Å²) in [6.45, 7) is 0. The molecule has 0 spiro atoms. The van der Waals surface area contributed by atoms with Crippen molar-refractivity contribution in [3.63, 3.8) is 0 Å². The van der Waals surface area contributed by atoms with E-state index >= 15 is 0 Å². The van der Waals surface area contributed by atoms with Gasteiger partial charge in [0.15, 0.2) is 0 Å². The van der Waals surface area contributed by atoms with Gasteiger partial charge in [0.05, 0.1) is 14.2 Å². The van der Waals surface area contributed by atoms with E-state index in [0.29, 0.717) is 34.0 Å². The topological polar surface area (TPSA) is 106 Å². The van der Waals surface area contributed by atoms with E-state index in [2.05, 4.69) is 16.0 Å². The van der Waals surface area contributed by atoms with E-state index < -0.39 is 17.1 Å². The van der Waals surface area contributed by atoms with Crippen LogP contribution in [0, 0.1) is 0 Å². The van der Waals surface area contributed by atoms with Crippen molar-refractivity contribution in [3.05, 3.63) is 156 Å². The van der Waals surface area contributed by atoms with E-state index in [1.807, 2.05) is 54.6 Å². The minimum absolute atomic E-state index is 0.0300. The molecule has 0 fully saturated rings. The molecule has 0 heterocycles. The summed E-state index contributed by atoms with van der Waals surface area (Å²) in [5.41, 5.74) is 3.01. The van der Waals surface area contributed by atoms with Gasteiger partial charge in [-0.3, -0.25) is 14.4 Å². The van der Waals surface area contributed by atoms with E-state index in [1.54, 1.807) is 92.0 Å². The lowest BCUT2D eigenvalue weighted by molar-refractivity contribution is -0.116. The van der Waals surface area contributed by atoms with Crippen molar-refractivity contribution in [1.29, 1.82) is 0 Å². The van der Waals surface area contributed by atoms with Crippen LogP contribution in [0.3, 0.4) is 0 Å². The second-order valence-electron chi connectivity index (χ2n) is 10.2. The summed E-state index contributed by atoms with van der Waals surface area (Å²) in [6.07, 6.45) is 1.57. The van der Waals surface area contributed by atoms with Crippen LogP contribution in [0.5, 0.6) is 11.5 Å². The molecule has 0 aliphatic rings. The number of amides is 3. The van der Waals surface area contributed by atoms with Gasteiger partial charge in [-0.2, -0.15) is 0 Å². The number of nitrogens with one attached hydrogen (secondary N) is 3. The number of thioether (sulfide) groups is 1. The quantitative estimate of drug-likeness (QED) is 0.0956. The van der Waals surface area contributed by atoms with Crippen LogP contribution in [-0.2, 0) is 9.59 Å². The molecule has 0 bridgehead atoms. The highest BCUT2D eigenvalue weighted by atomic mass is 32.2. The molecule has 47 heavy (non-hydrogen) atoms. The summed E-state index contributed by atoms with van der Waals surface area (Å²) in [7, 11) is 3.13. The van der Waals surface area contributed by atoms with Crippen LogP contribution in [0.15, 0.2) is 144 Å². The maximum atomic E-state index is 13.7. The molecule has 0 aliphatic heterocycles. The number of methoxy groups -OCH3 is 2. The first-order chi connectivity index (χ1) is 22.9. The number of rotatable bonds is 12. The average Bonchev–Trinajstić information content (AvgIpc) is 3.11. The Kier molecular flexibility index (Phi) is 11.1. The molecule has 8 nitrogen and oxygen atoms in total. The van der Waals surface area contributed by atoms with Crippen molar-refractivity contribution in [3.8, 4) is 11.5 Å². The molecule has 3 N–H and O–H groups in total. The number of hydrogen-bond donors (Lipinski definition) is 3. The van der Waals surface area contributed by atoms with Crippen molar-refractivity contribution in [2.24, 2.45) is 0 Å². The summed E-state index contributed by atoms with van der Waals surface area (Å²) < 4.78 is 10.7. The Morgan fingerprint density at radius 3 is 2.06 bits per heavy atom. The number of carbonyl (C=O) groups excluding carboxylic acids is 3. The number of para-hydroxylation sites is 1. The molecule has 5 aromatic carbocycles. The standard InChI is InChI=1S/C38H33N3O5S/c1-45-31-22-20-29(21-23-31)39-38(44)35(26-12-5-3-6-13-26)47-32-18-11-17-30(25-32)40-37(43)33(24-28-16-9-10-19-34(28)46-2)41-36(42)27-14-7-4-8-15-27/h3-25,35H,1-2H3,(H,39,44)(H,40,43)(H,41,42)/b33-24+. The molecule has 236 valence electrons. The van der Waals surface area contributed by atoms with E-state index in [-0.39, 0.29) is 11.6 Å². The molecule has 0 saturated heterocycles. The van der Waals surface area contributed by atoms with E-state index in [4.69, 9.17) is 9.47 Å². The van der Waals surface area contributed by atoms with Gasteiger partial charge in [-0.25, -0.2) is 0 Å². The first kappa shape index (κ1) is 32.6. The lowest BCUT2D eigenvalue weighted by atomic mass is 10.1. The zero-order chi connectivity index (χ0) is 33.0. The fourth-order valence-electron chi connectivity index (χ4n) is 4.65. The predicted molar refractivity (Wildman–Crippen MR) is 187 cm³/mol. The lowest BCUT2D eigenvalue weighted by Gasteiger charge is -2.18. The summed E-state index contributed by atoms with van der Waals surface area (Å²) in [5.74, 6) is 0.0758. The molecule has 0 radical (unpaired) electrons. The van der Waals surface area contributed by atoms with Gasteiger partial charge in [0.1, 0.15) is 22.4 Å². The highest BCUT2D eigenvalue weighted by Gasteiger charge is 2.23. The first-order valence-corrected chi connectivity index (χ1v) is 15.6. The molecule has 0 saturated carbocycles. The van der Waals surface area contributed by atoms with E-state index in [0.717, 1.165) is 10.5 Å². The number of carbonyl (C=O) groups is 3. The average molecular weight is 644 g/mol. The Labute approximate surface area is 277 Å². The lowest BCUT2D eigenvalue weighted by Crippen LogP contribution is -2.30. The molecule has 5 aromatic rings. The van der Waals surface area contributed by atoms with Crippen LogP contribution in [0.2, 0.25) is 0 Å². The smallest absolute Gasteiger partial charge is 0.272 e. The Hall–Kier alpha value is -5.80. The second kappa shape index (κ2) is 16.0. The molecule has 5 rings (SSSR count). The van der Waals surface area contributed by atoms with Gasteiger partial charge < -0.3 is 25.4 Å². The van der Waals surface area contributed by atoms with Crippen LogP contribution < -0.4 is 25.4 Å². The van der Waals surface area contributed by atoms with Gasteiger partial charge >= 0.3 is 0 Å². The Balaban J connectivity index is 1.38. The Morgan fingerprint density at radius 1 is 0.681 bits per heavy atom.